The van der Waals surface area contributed by atoms with E-state index in [0.29, 0.717) is 58.1 Å². The summed E-state index contributed by atoms with van der Waals surface area (Å²) in [6.45, 7) is 0.532. The lowest BCUT2D eigenvalue weighted by molar-refractivity contribution is -0.255. The first-order chi connectivity index (χ1) is 18.7. The lowest BCUT2D eigenvalue weighted by Crippen LogP contribution is -2.30. The minimum absolute atomic E-state index is 0.0221. The Bertz CT molecular complexity index is 1580. The zero-order chi connectivity index (χ0) is 28.0. The molecule has 3 aromatic carbocycles. The van der Waals surface area contributed by atoms with E-state index in [-0.39, 0.29) is 23.6 Å². The molecule has 0 aliphatic rings. The molecule has 0 unspecified atom stereocenters. The Kier molecular flexibility index (Phi) is 9.16. The van der Waals surface area contributed by atoms with Crippen molar-refractivity contribution in [2.24, 2.45) is 0 Å². The number of carbonyl (C=O) groups is 2. The van der Waals surface area contributed by atoms with Crippen LogP contribution < -0.4 is 14.6 Å². The molecule has 0 fully saturated rings. The topological polar surface area (TPSA) is 118 Å². The summed E-state index contributed by atoms with van der Waals surface area (Å²) in [6, 6.07) is 19.6. The number of rotatable bonds is 12. The number of ether oxygens (including phenoxy) is 1. The van der Waals surface area contributed by atoms with Gasteiger partial charge in [-0.3, -0.25) is 4.79 Å². The number of carbonyl (C=O) groups excluding carboxylic acids is 2. The predicted octanol–water partition coefficient (Wildman–Crippen LogP) is 4.96. The van der Waals surface area contributed by atoms with Gasteiger partial charge < -0.3 is 19.2 Å². The summed E-state index contributed by atoms with van der Waals surface area (Å²) in [5.41, 5.74) is 1.38. The summed E-state index contributed by atoms with van der Waals surface area (Å²) in [7, 11) is -3.90. The van der Waals surface area contributed by atoms with Gasteiger partial charge in [-0.05, 0) is 61.4 Å². The molecule has 1 heterocycles. The molecule has 8 nitrogen and oxygen atoms in total. The van der Waals surface area contributed by atoms with Gasteiger partial charge in [0.1, 0.15) is 12.4 Å². The Morgan fingerprint density at radius 3 is 2.31 bits per heavy atom. The van der Waals surface area contributed by atoms with Gasteiger partial charge in [0, 0.05) is 39.5 Å². The van der Waals surface area contributed by atoms with E-state index < -0.39 is 21.9 Å². The van der Waals surface area contributed by atoms with Crippen LogP contribution in [0.2, 0.25) is 10.0 Å². The summed E-state index contributed by atoms with van der Waals surface area (Å²) in [6.07, 6.45) is 1.64. The number of halogens is 2. The zero-order valence-corrected chi connectivity index (χ0v) is 23.1. The molecule has 0 atom stereocenters. The van der Waals surface area contributed by atoms with Gasteiger partial charge in [-0.15, -0.1) is 0 Å². The number of carboxylic acid groups (broad SMARTS) is 1. The highest BCUT2D eigenvalue weighted by molar-refractivity contribution is 7.90. The molecule has 0 radical (unpaired) electrons. The second kappa shape index (κ2) is 12.5. The third kappa shape index (κ3) is 7.11. The molecule has 1 N–H and O–H groups in total. The fourth-order valence-electron chi connectivity index (χ4n) is 4.17. The molecule has 4 rings (SSSR count). The number of benzene rings is 3. The maximum Gasteiger partial charge on any atom is 0.264 e. The molecule has 1 amide bonds. The number of fused-ring (bicyclic) bond motifs is 1. The molecule has 1 aromatic heterocycles. The van der Waals surface area contributed by atoms with Gasteiger partial charge >= 0.3 is 0 Å². The molecular formula is C28H25Cl2N2O6S-. The molecule has 11 heteroatoms. The maximum atomic E-state index is 12.3. The van der Waals surface area contributed by atoms with Crippen molar-refractivity contribution in [2.45, 2.75) is 43.7 Å². The molecule has 4 aromatic rings. The number of sulfonamides is 1. The number of amides is 1. The smallest absolute Gasteiger partial charge is 0.264 e. The second-order valence-electron chi connectivity index (χ2n) is 8.83. The Labute approximate surface area is 236 Å². The molecule has 39 heavy (non-hydrogen) atoms. The standard InChI is InChI=1S/C28H26Cl2N2O6S/c29-23-10-7-11-24(30)22(23)18-38-20-13-14-25-19(16-20)17-26(28(34)35)32(25)15-6-2-5-12-27(33)31-39(36,37)21-8-3-1-4-9-21/h1,3-4,7-11,13-14,16-17H,2,5-6,12,15,18H2,(H,31,33)(H,34,35)/p-1. The minimum Gasteiger partial charge on any atom is -0.543 e. The van der Waals surface area contributed by atoms with E-state index in [1.54, 1.807) is 59.2 Å². The number of hydrogen-bond donors (Lipinski definition) is 1. The predicted molar refractivity (Wildman–Crippen MR) is 147 cm³/mol. The van der Waals surface area contributed by atoms with Crippen LogP contribution in [0.25, 0.3) is 10.9 Å². The third-order valence-electron chi connectivity index (χ3n) is 6.11. The Morgan fingerprint density at radius 2 is 1.62 bits per heavy atom. The highest BCUT2D eigenvalue weighted by atomic mass is 35.5. The van der Waals surface area contributed by atoms with E-state index >= 15 is 0 Å². The van der Waals surface area contributed by atoms with Gasteiger partial charge in [0.05, 0.1) is 16.6 Å². The largest absolute Gasteiger partial charge is 0.543 e. The summed E-state index contributed by atoms with van der Waals surface area (Å²) in [5.74, 6) is -1.37. The molecule has 0 saturated heterocycles. The first kappa shape index (κ1) is 28.5. The summed E-state index contributed by atoms with van der Waals surface area (Å²) in [5, 5.41) is 13.4. The van der Waals surface area contributed by atoms with E-state index in [4.69, 9.17) is 27.9 Å². The number of unbranched alkanes of at least 4 members (excludes halogenated alkanes) is 2. The van der Waals surface area contributed by atoms with Crippen LogP contribution in [0.3, 0.4) is 0 Å². The van der Waals surface area contributed by atoms with Crippen molar-refractivity contribution < 1.29 is 27.9 Å². The van der Waals surface area contributed by atoms with Crippen LogP contribution in [0.15, 0.2) is 77.7 Å². The number of nitrogens with one attached hydrogen (secondary N) is 1. The highest BCUT2D eigenvalue weighted by Gasteiger charge is 2.17. The van der Waals surface area contributed by atoms with Crippen LogP contribution in [0, 0.1) is 0 Å². The van der Waals surface area contributed by atoms with Crippen molar-refractivity contribution in [3.05, 3.63) is 94.1 Å². The van der Waals surface area contributed by atoms with Gasteiger partial charge in [-0.2, -0.15) is 0 Å². The second-order valence-corrected chi connectivity index (χ2v) is 11.3. The average molecular weight is 588 g/mol. The average Bonchev–Trinajstić information content (AvgIpc) is 3.26. The van der Waals surface area contributed by atoms with Crippen LogP contribution in [0.4, 0.5) is 0 Å². The molecule has 0 aliphatic carbocycles. The van der Waals surface area contributed by atoms with Crippen molar-refractivity contribution >= 4 is 56.0 Å². The third-order valence-corrected chi connectivity index (χ3v) is 8.21. The minimum atomic E-state index is -3.90. The molecule has 0 saturated carbocycles. The maximum absolute atomic E-state index is 12.3. The first-order valence-electron chi connectivity index (χ1n) is 12.2. The van der Waals surface area contributed by atoms with Crippen LogP contribution in [-0.4, -0.2) is 24.9 Å². The molecule has 0 aliphatic heterocycles. The zero-order valence-electron chi connectivity index (χ0n) is 20.7. The van der Waals surface area contributed by atoms with Gasteiger partial charge in [0.2, 0.25) is 5.91 Å². The SMILES string of the molecule is O=C(CCCCCn1c(C(=O)[O-])cc2cc(OCc3c(Cl)cccc3Cl)ccc21)NS(=O)(=O)c1ccccc1. The first-order valence-corrected chi connectivity index (χ1v) is 14.4. The van der Waals surface area contributed by atoms with Crippen LogP contribution in [0.5, 0.6) is 5.75 Å². The molecule has 0 bridgehead atoms. The lowest BCUT2D eigenvalue weighted by atomic mass is 10.2. The van der Waals surface area contributed by atoms with Gasteiger partial charge in [0.25, 0.3) is 10.0 Å². The van der Waals surface area contributed by atoms with Gasteiger partial charge in [0.15, 0.2) is 0 Å². The number of aryl methyl sites for hydroxylation is 1. The Hall–Kier alpha value is -3.53. The van der Waals surface area contributed by atoms with Crippen molar-refractivity contribution in [3.8, 4) is 5.75 Å². The summed E-state index contributed by atoms with van der Waals surface area (Å²) >= 11 is 12.4. The monoisotopic (exact) mass is 587 g/mol. The van der Waals surface area contributed by atoms with E-state index in [1.807, 2.05) is 0 Å². The number of aromatic nitrogens is 1. The number of nitrogens with zero attached hydrogens (tertiary/aromatic N) is 1. The van der Waals surface area contributed by atoms with Crippen molar-refractivity contribution in [3.63, 3.8) is 0 Å². The number of hydrogen-bond acceptors (Lipinski definition) is 6. The highest BCUT2D eigenvalue weighted by Crippen LogP contribution is 2.29. The fourth-order valence-corrected chi connectivity index (χ4v) is 5.71. The van der Waals surface area contributed by atoms with Gasteiger partial charge in [-0.1, -0.05) is 53.9 Å². The fraction of sp³-hybridized carbons (Fsp3) is 0.214. The van der Waals surface area contributed by atoms with E-state index in [9.17, 15) is 23.1 Å². The summed E-state index contributed by atoms with van der Waals surface area (Å²) < 4.78 is 34.1. The van der Waals surface area contributed by atoms with Crippen LogP contribution in [0.1, 0.15) is 41.7 Å². The lowest BCUT2D eigenvalue weighted by Gasteiger charge is -2.12. The van der Waals surface area contributed by atoms with Crippen LogP contribution >= 0.6 is 23.2 Å². The van der Waals surface area contributed by atoms with Gasteiger partial charge in [-0.25, -0.2) is 13.1 Å². The molecular weight excluding hydrogens is 563 g/mol. The van der Waals surface area contributed by atoms with Crippen molar-refractivity contribution in [1.29, 1.82) is 0 Å². The molecule has 204 valence electrons. The normalized spacial score (nSPS) is 11.4. The number of carboxylic acids is 1. The Morgan fingerprint density at radius 1 is 0.897 bits per heavy atom. The summed E-state index contributed by atoms with van der Waals surface area (Å²) in [4.78, 5) is 24.0. The molecule has 0 spiro atoms. The Balaban J connectivity index is 1.34. The number of aromatic carboxylic acids is 1. The van der Waals surface area contributed by atoms with Crippen LogP contribution in [-0.2, 0) is 28.0 Å². The van der Waals surface area contributed by atoms with Crippen molar-refractivity contribution in [1.82, 2.24) is 9.29 Å². The van der Waals surface area contributed by atoms with E-state index in [1.165, 1.54) is 18.2 Å². The van der Waals surface area contributed by atoms with E-state index in [2.05, 4.69) is 4.72 Å². The quantitative estimate of drug-likeness (QED) is 0.234. The van der Waals surface area contributed by atoms with Crippen molar-refractivity contribution in [2.75, 3.05) is 0 Å². The van der Waals surface area contributed by atoms with E-state index in [0.717, 1.165) is 0 Å².